The topological polar surface area (TPSA) is 0 Å². The van der Waals surface area contributed by atoms with E-state index in [1.165, 1.54) is 144 Å². The first kappa shape index (κ1) is 53.5. The molecule has 0 amide bonds. The molecule has 12 rings (SSSR count). The molecule has 0 aliphatic rings. The summed E-state index contributed by atoms with van der Waals surface area (Å²) in [5.74, 6) is 0. The van der Waals surface area contributed by atoms with Crippen molar-refractivity contribution >= 4 is 96.3 Å². The number of hydrogen-bond donors (Lipinski definition) is 0. The molecule has 0 heterocycles. The van der Waals surface area contributed by atoms with Crippen LogP contribution in [-0.2, 0) is 36.2 Å². The normalized spacial score (nSPS) is 10.6. The Kier molecular flexibility index (Phi) is 18.6. The molecule has 12 aromatic rings. The van der Waals surface area contributed by atoms with Crippen LogP contribution in [-0.4, -0.2) is 6.88 Å². The van der Waals surface area contributed by atoms with Gasteiger partial charge in [-0.05, 0) is 67.1 Å². The molecule has 0 saturated heterocycles. The van der Waals surface area contributed by atoms with Crippen molar-refractivity contribution in [2.24, 2.45) is 0 Å². The number of rotatable bonds is 8. The molecule has 12 aromatic carbocycles. The van der Waals surface area contributed by atoms with Gasteiger partial charge in [0.25, 0.3) is 0 Å². The summed E-state index contributed by atoms with van der Waals surface area (Å²) in [5, 5.41) is 15.8. The molecule has 2 radical (unpaired) electrons. The summed E-state index contributed by atoms with van der Waals surface area (Å²) in [6.45, 7) is 7.58. The van der Waals surface area contributed by atoms with E-state index in [1.54, 1.807) is 0 Å². The van der Waals surface area contributed by atoms with Gasteiger partial charge in [0.1, 0.15) is 0 Å². The van der Waals surface area contributed by atoms with Gasteiger partial charge in [-0.3, -0.25) is 0 Å². The summed E-state index contributed by atoms with van der Waals surface area (Å²) >= 11 is 1.36. The van der Waals surface area contributed by atoms with Crippen LogP contribution in [0.2, 0.25) is 0 Å². The Morgan fingerprint density at radius 2 is 0.557 bits per heavy atom. The second-order valence-electron chi connectivity index (χ2n) is 17.3. The molecule has 0 saturated carbocycles. The van der Waals surface area contributed by atoms with Gasteiger partial charge >= 0.3 is 30.2 Å². The zero-order chi connectivity index (χ0) is 45.0. The molecule has 0 N–H and O–H groups in total. The standard InChI is InChI=1S/2C32H25.2CH3.2ClH.Si.Zr/c2*1-2-9-22-20-31-29(27-16-7-12-23-10-3-5-14-25(23)27)18-19-30(32(31)21-22)28-17-8-13-24-11-4-6-15-26(24)28;;;;;;/h2*3-8,10-21H,2,9H2,1H3;2*1H3;2*1H;;/q4*-1;;;;. The first-order chi connectivity index (χ1) is 32.7. The van der Waals surface area contributed by atoms with Gasteiger partial charge in [0.05, 0.1) is 0 Å². The van der Waals surface area contributed by atoms with Crippen molar-refractivity contribution in [1.82, 2.24) is 0 Å². The third-order valence-corrected chi connectivity index (χ3v) is 13.3. The minimum absolute atomic E-state index is 0. The molecule has 0 unspecified atom stereocenters. The number of aryl methyl sites for hydroxylation is 2. The van der Waals surface area contributed by atoms with Crippen LogP contribution in [0.15, 0.2) is 218 Å². The number of hydrogen-bond acceptors (Lipinski definition) is 0. The van der Waals surface area contributed by atoms with Crippen LogP contribution < -0.4 is 0 Å². The second-order valence-corrected chi connectivity index (χ2v) is 17.3. The quantitative estimate of drug-likeness (QED) is 0.105. The van der Waals surface area contributed by atoms with Crippen LogP contribution in [0.1, 0.15) is 37.8 Å². The van der Waals surface area contributed by atoms with Crippen LogP contribution >= 0.6 is 24.8 Å². The predicted molar refractivity (Wildman–Crippen MR) is 312 cm³/mol. The first-order valence-electron chi connectivity index (χ1n) is 23.3. The van der Waals surface area contributed by atoms with Crippen LogP contribution in [0.25, 0.3) is 109 Å². The van der Waals surface area contributed by atoms with Crippen molar-refractivity contribution in [3.05, 3.63) is 244 Å². The van der Waals surface area contributed by atoms with E-state index in [-0.39, 0.29) is 39.7 Å². The van der Waals surface area contributed by atoms with Gasteiger partial charge in [-0.2, -0.15) is 12.1 Å². The summed E-state index contributed by atoms with van der Waals surface area (Å²) in [6, 6.07) is 80.4. The van der Waals surface area contributed by atoms with Crippen molar-refractivity contribution in [3.63, 3.8) is 0 Å². The van der Waals surface area contributed by atoms with E-state index in [0.717, 1.165) is 25.7 Å². The molecule has 4 heteroatoms. The van der Waals surface area contributed by atoms with Gasteiger partial charge in [0, 0.05) is 0 Å². The predicted octanol–water partition coefficient (Wildman–Crippen LogP) is 19.7. The Balaban J connectivity index is 0.000000210. The van der Waals surface area contributed by atoms with E-state index in [2.05, 4.69) is 239 Å². The molecule has 70 heavy (non-hydrogen) atoms. The van der Waals surface area contributed by atoms with Gasteiger partial charge in [0.2, 0.25) is 0 Å². The van der Waals surface area contributed by atoms with Crippen molar-refractivity contribution in [2.45, 2.75) is 39.5 Å². The zero-order valence-electron chi connectivity index (χ0n) is 40.4. The Morgan fingerprint density at radius 1 is 0.314 bits per heavy atom. The Labute approximate surface area is 444 Å². The van der Waals surface area contributed by atoms with Gasteiger partial charge in [-0.25, -0.2) is 0 Å². The molecule has 0 atom stereocenters. The Bertz CT molecular complexity index is 3190. The molecule has 0 bridgehead atoms. The average Bonchev–Trinajstić information content (AvgIpc) is 4.01. The molecule has 0 aliphatic carbocycles. The van der Waals surface area contributed by atoms with Crippen molar-refractivity contribution in [3.8, 4) is 44.5 Å². The first-order valence-corrected chi connectivity index (χ1v) is 27.5. The Hall–Kier alpha value is -5.86. The summed E-state index contributed by atoms with van der Waals surface area (Å²) in [7, 11) is 0. The van der Waals surface area contributed by atoms with E-state index < -0.39 is 0 Å². The summed E-state index contributed by atoms with van der Waals surface area (Å²) < 4.78 is 0. The van der Waals surface area contributed by atoms with E-state index in [1.807, 2.05) is 0 Å². The minimum atomic E-state index is 0. The molecule has 0 aliphatic heterocycles. The second kappa shape index (κ2) is 24.3. The molecule has 0 nitrogen and oxygen atoms in total. The fourth-order valence-corrected chi connectivity index (χ4v) is 10.4. The SMILES string of the molecule is CCCc1cc2c(-c3cccc4ccccc34)ccc(-c3cccc4ccccc34)c2[cH-]1.CCCc1cc2c(-c3cccc4ccccc34)ccc(-c3cccc4ccccc34)c2[cH-]1.Cl.Cl.[CH3-].[CH3-].[Si]=[Zr]. The third kappa shape index (κ3) is 10.3. The van der Waals surface area contributed by atoms with Crippen LogP contribution in [0.3, 0.4) is 0 Å². The number of fused-ring (bicyclic) bond motifs is 6. The van der Waals surface area contributed by atoms with Crippen molar-refractivity contribution < 1.29 is 23.3 Å². The number of halogens is 2. The zero-order valence-corrected chi connectivity index (χ0v) is 45.5. The third-order valence-electron chi connectivity index (χ3n) is 13.3. The summed E-state index contributed by atoms with van der Waals surface area (Å²) in [5.41, 5.74) is 13.4. The van der Waals surface area contributed by atoms with E-state index in [9.17, 15) is 0 Å². The Morgan fingerprint density at radius 3 is 0.857 bits per heavy atom. The van der Waals surface area contributed by atoms with E-state index in [4.69, 9.17) is 0 Å². The monoisotopic (exact) mass is 1040 g/mol. The summed E-state index contributed by atoms with van der Waals surface area (Å²) in [6.07, 6.45) is 4.53. The maximum absolute atomic E-state index is 3.06. The average molecular weight is 1040 g/mol. The molecular formula is C66H58Cl2SiZr-4. The van der Waals surface area contributed by atoms with Gasteiger partial charge in [-0.15, -0.1) is 69.6 Å². The molecule has 348 valence electrons. The van der Waals surface area contributed by atoms with Crippen molar-refractivity contribution in [1.29, 1.82) is 0 Å². The summed E-state index contributed by atoms with van der Waals surface area (Å²) in [4.78, 5) is 0. The maximum atomic E-state index is 3.06. The van der Waals surface area contributed by atoms with E-state index in [0.29, 0.717) is 0 Å². The molecule has 0 fully saturated rings. The van der Waals surface area contributed by atoms with Gasteiger partial charge < -0.3 is 14.9 Å². The molecular weight excluding hydrogens is 983 g/mol. The number of benzene rings is 10. The van der Waals surface area contributed by atoms with Gasteiger partial charge in [0.15, 0.2) is 0 Å². The van der Waals surface area contributed by atoms with E-state index >= 15 is 0 Å². The van der Waals surface area contributed by atoms with Crippen LogP contribution in [0, 0.1) is 14.9 Å². The molecule has 0 aromatic heterocycles. The van der Waals surface area contributed by atoms with Crippen LogP contribution in [0.4, 0.5) is 0 Å². The molecule has 0 spiro atoms. The fraction of sp³-hybridized carbons (Fsp3) is 0.0909. The van der Waals surface area contributed by atoms with Crippen molar-refractivity contribution in [2.75, 3.05) is 0 Å². The van der Waals surface area contributed by atoms with Gasteiger partial charge in [-0.1, -0.05) is 254 Å². The van der Waals surface area contributed by atoms with Crippen LogP contribution in [0.5, 0.6) is 0 Å². The fourth-order valence-electron chi connectivity index (χ4n) is 10.4.